The smallest absolute Gasteiger partial charge is 0.374 e. The molecule has 0 aliphatic carbocycles. The Labute approximate surface area is 222 Å². The third-order valence-electron chi connectivity index (χ3n) is 7.05. The Morgan fingerprint density at radius 1 is 1.16 bits per heavy atom. The average Bonchev–Trinajstić information content (AvgIpc) is 2.77. The Balaban J connectivity index is 1.91. The highest BCUT2D eigenvalue weighted by atomic mass is 32.2. The summed E-state index contributed by atoms with van der Waals surface area (Å²) in [5.74, 6) is -0.0271. The summed E-state index contributed by atoms with van der Waals surface area (Å²) in [4.78, 5) is 4.56. The van der Waals surface area contributed by atoms with Crippen LogP contribution in [0.5, 0.6) is 5.75 Å². The lowest BCUT2D eigenvalue weighted by atomic mass is 9.97. The molecule has 0 amide bonds. The van der Waals surface area contributed by atoms with Crippen molar-refractivity contribution in [2.75, 3.05) is 6.61 Å². The second kappa shape index (κ2) is 10.8. The van der Waals surface area contributed by atoms with Crippen molar-refractivity contribution >= 4 is 32.4 Å². The topological polar surface area (TPSA) is 86.2 Å². The molecule has 0 aromatic heterocycles. The van der Waals surface area contributed by atoms with Crippen LogP contribution < -0.4 is 9.38 Å². The minimum atomic E-state index is -3.95. The molecule has 2 aromatic carbocycles. The molecule has 7 nitrogen and oxygen atoms in total. The Kier molecular flexibility index (Phi) is 8.51. The maximum absolute atomic E-state index is 14.8. The Morgan fingerprint density at radius 2 is 1.78 bits per heavy atom. The van der Waals surface area contributed by atoms with E-state index in [0.29, 0.717) is 29.9 Å². The second-order valence-electron chi connectivity index (χ2n) is 11.3. The normalized spacial score (nSPS) is 21.1. The number of sulfonamides is 1. The Bertz CT molecular complexity index is 1230. The molecular weight excluding hydrogens is 510 g/mol. The second-order valence-corrected chi connectivity index (χ2v) is 17.9. The molecule has 1 fully saturated rings. The van der Waals surface area contributed by atoms with E-state index >= 15 is 0 Å². The highest BCUT2D eigenvalue weighted by molar-refractivity contribution is 7.90. The monoisotopic (exact) mass is 546 g/mol. The fourth-order valence-corrected chi connectivity index (χ4v) is 6.88. The molecule has 1 saturated heterocycles. The molecule has 0 bridgehead atoms. The highest BCUT2D eigenvalue weighted by Gasteiger charge is 2.48. The molecule has 2 aromatic rings. The van der Waals surface area contributed by atoms with E-state index in [2.05, 4.69) is 43.6 Å². The van der Waals surface area contributed by atoms with E-state index in [1.165, 1.54) is 6.07 Å². The Morgan fingerprint density at radius 3 is 2.32 bits per heavy atom. The van der Waals surface area contributed by atoms with E-state index in [1.54, 1.807) is 56.3 Å². The van der Waals surface area contributed by atoms with Crippen molar-refractivity contribution in [3.63, 3.8) is 0 Å². The summed E-state index contributed by atoms with van der Waals surface area (Å²) in [6.45, 7) is 14.4. The number of benzene rings is 2. The minimum Gasteiger partial charge on any atom is -0.568 e. The first-order valence-corrected chi connectivity index (χ1v) is 16.7. The van der Waals surface area contributed by atoms with Gasteiger partial charge in [0, 0.05) is 12.2 Å². The van der Waals surface area contributed by atoms with E-state index in [9.17, 15) is 12.8 Å². The van der Waals surface area contributed by atoms with Gasteiger partial charge in [-0.05, 0) is 62.2 Å². The van der Waals surface area contributed by atoms with Crippen LogP contribution in [0, 0.1) is 5.82 Å². The third kappa shape index (κ3) is 6.75. The van der Waals surface area contributed by atoms with Gasteiger partial charge in [-0.25, -0.2) is 22.5 Å². The van der Waals surface area contributed by atoms with Crippen LogP contribution in [0.25, 0.3) is 0 Å². The number of hydrogen-bond acceptors (Lipinski definition) is 6. The van der Waals surface area contributed by atoms with Gasteiger partial charge in [-0.1, -0.05) is 51.1 Å². The summed E-state index contributed by atoms with van der Waals surface area (Å²) in [6, 6.07) is 11.9. The van der Waals surface area contributed by atoms with E-state index in [4.69, 9.17) is 21.9 Å². The lowest BCUT2D eigenvalue weighted by molar-refractivity contribution is 0.0758. The predicted molar refractivity (Wildman–Crippen MR) is 147 cm³/mol. The first-order chi connectivity index (χ1) is 17.1. The summed E-state index contributed by atoms with van der Waals surface area (Å²) in [5.41, 5.74) is -0.328. The van der Waals surface area contributed by atoms with Gasteiger partial charge in [0.1, 0.15) is 16.7 Å². The van der Waals surface area contributed by atoms with Crippen LogP contribution in [0.15, 0.2) is 53.5 Å². The molecule has 2 radical (unpaired) electrons. The lowest BCUT2D eigenvalue weighted by Crippen LogP contribution is -2.53. The first-order valence-electron chi connectivity index (χ1n) is 12.2. The molecule has 1 aliphatic heterocycles. The van der Waals surface area contributed by atoms with Gasteiger partial charge in [0.15, 0.2) is 8.32 Å². The van der Waals surface area contributed by atoms with Crippen molar-refractivity contribution in [3.8, 4) is 5.75 Å². The largest absolute Gasteiger partial charge is 0.568 e. The van der Waals surface area contributed by atoms with E-state index in [1.807, 2.05) is 0 Å². The zero-order valence-corrected chi connectivity index (χ0v) is 24.4. The van der Waals surface area contributed by atoms with Gasteiger partial charge >= 0.3 is 8.05 Å². The molecule has 1 heterocycles. The van der Waals surface area contributed by atoms with Crippen LogP contribution in [0.1, 0.15) is 63.5 Å². The lowest BCUT2D eigenvalue weighted by Gasteiger charge is -2.39. The molecule has 200 valence electrons. The van der Waals surface area contributed by atoms with Crippen molar-refractivity contribution in [2.45, 2.75) is 76.1 Å². The minimum absolute atomic E-state index is 0.0159. The van der Waals surface area contributed by atoms with Crippen molar-refractivity contribution in [2.24, 2.45) is 4.99 Å². The first kappa shape index (κ1) is 29.2. The zero-order chi connectivity index (χ0) is 27.6. The molecule has 3 rings (SSSR count). The number of halogens is 1. The van der Waals surface area contributed by atoms with Gasteiger partial charge in [0.25, 0.3) is 6.02 Å². The summed E-state index contributed by atoms with van der Waals surface area (Å²) in [5, 5.41) is -1.01. The molecule has 37 heavy (non-hydrogen) atoms. The van der Waals surface area contributed by atoms with Gasteiger partial charge in [-0.2, -0.15) is 0 Å². The van der Waals surface area contributed by atoms with Crippen LogP contribution in [0.2, 0.25) is 18.1 Å². The number of nitrogens with one attached hydrogen (secondary N) is 1. The molecular formula is C26H36BFN2O5SSi. The van der Waals surface area contributed by atoms with Crippen LogP contribution >= 0.6 is 0 Å². The van der Waals surface area contributed by atoms with Crippen LogP contribution in [0.4, 0.5) is 4.39 Å². The average molecular weight is 547 g/mol. The SMILES string of the molecule is [B]Oc1ccc(C2C(C)(C)OC(=N[C@@H](CCO[Si](C)(C)C(C)(C)C)c3ccccc3F)NS2(=O)=O)cc1. The fourth-order valence-electron chi connectivity index (χ4n) is 4.05. The number of aliphatic imine (C=N–C) groups is 1. The van der Waals surface area contributed by atoms with Crippen LogP contribution in [-0.2, 0) is 19.2 Å². The molecule has 1 N–H and O–H groups in total. The summed E-state index contributed by atoms with van der Waals surface area (Å²) < 4.78 is 61.1. The van der Waals surface area contributed by atoms with E-state index in [-0.39, 0.29) is 11.1 Å². The van der Waals surface area contributed by atoms with Crippen molar-refractivity contribution in [1.82, 2.24) is 4.72 Å². The maximum Gasteiger partial charge on any atom is 0.374 e. The summed E-state index contributed by atoms with van der Waals surface area (Å²) in [6.07, 6.45) is 0.354. The number of ether oxygens (including phenoxy) is 1. The van der Waals surface area contributed by atoms with Crippen molar-refractivity contribution in [3.05, 3.63) is 65.5 Å². The van der Waals surface area contributed by atoms with Crippen molar-refractivity contribution < 1.29 is 26.6 Å². The third-order valence-corrected chi connectivity index (χ3v) is 13.5. The van der Waals surface area contributed by atoms with Gasteiger partial charge in [0.2, 0.25) is 10.0 Å². The van der Waals surface area contributed by atoms with Gasteiger partial charge in [-0.3, -0.25) is 0 Å². The van der Waals surface area contributed by atoms with Crippen LogP contribution in [-0.4, -0.2) is 43.0 Å². The van der Waals surface area contributed by atoms with Gasteiger partial charge in [0.05, 0.1) is 11.8 Å². The van der Waals surface area contributed by atoms with Crippen LogP contribution in [0.3, 0.4) is 0 Å². The number of hydrogen-bond donors (Lipinski definition) is 1. The molecule has 1 unspecified atom stereocenters. The maximum atomic E-state index is 14.8. The fraction of sp³-hybridized carbons (Fsp3) is 0.500. The summed E-state index contributed by atoms with van der Waals surface area (Å²) in [7, 11) is -0.807. The number of nitrogens with zero attached hydrogens (tertiary/aromatic N) is 1. The quantitative estimate of drug-likeness (QED) is 0.438. The van der Waals surface area contributed by atoms with E-state index in [0.717, 1.165) is 0 Å². The molecule has 0 spiro atoms. The molecule has 1 aliphatic rings. The predicted octanol–water partition coefficient (Wildman–Crippen LogP) is 5.57. The molecule has 2 atom stereocenters. The van der Waals surface area contributed by atoms with E-state index < -0.39 is 41.1 Å². The molecule has 11 heteroatoms. The zero-order valence-electron chi connectivity index (χ0n) is 22.5. The standard InChI is InChI=1S/C26H36BFN2O5SSi/c1-25(2,3)37(6,7)33-17-16-22(20-10-8-9-11-21(20)28)29-24-30-36(31,32)23(26(4,5)34-24)18-12-14-19(35-27)15-13-18/h8-15,22-23H,16-17H2,1-7H3,(H,29,30)/t22-,23?/m0/s1. The number of rotatable bonds is 8. The van der Waals surface area contributed by atoms with Crippen molar-refractivity contribution in [1.29, 1.82) is 0 Å². The van der Waals surface area contributed by atoms with Gasteiger partial charge < -0.3 is 13.8 Å². The molecule has 0 saturated carbocycles. The Hall–Kier alpha value is -2.37. The number of amidine groups is 1. The van der Waals surface area contributed by atoms with Gasteiger partial charge in [-0.15, -0.1) is 0 Å². The summed E-state index contributed by atoms with van der Waals surface area (Å²) >= 11 is 0. The highest BCUT2D eigenvalue weighted by Crippen LogP contribution is 2.40.